The van der Waals surface area contributed by atoms with Crippen molar-refractivity contribution in [3.8, 4) is 0 Å². The van der Waals surface area contributed by atoms with Gasteiger partial charge in [0.05, 0.1) is 5.69 Å². The fourth-order valence-electron chi connectivity index (χ4n) is 2.26. The molecule has 0 saturated carbocycles. The van der Waals surface area contributed by atoms with Gasteiger partial charge in [-0.1, -0.05) is 6.92 Å². The van der Waals surface area contributed by atoms with Gasteiger partial charge in [-0.25, -0.2) is 9.78 Å². The Morgan fingerprint density at radius 3 is 2.83 bits per heavy atom. The zero-order valence-corrected chi connectivity index (χ0v) is 10.4. The monoisotopic (exact) mass is 252 g/mol. The maximum absolute atomic E-state index is 12.2. The molecule has 2 unspecified atom stereocenters. The van der Waals surface area contributed by atoms with E-state index in [2.05, 4.69) is 4.98 Å². The van der Waals surface area contributed by atoms with Crippen LogP contribution in [0.1, 0.15) is 36.0 Å². The highest BCUT2D eigenvalue weighted by atomic mass is 16.4. The Morgan fingerprint density at radius 2 is 2.28 bits per heavy atom. The Labute approximate surface area is 105 Å². The molecule has 0 radical (unpaired) electrons. The summed E-state index contributed by atoms with van der Waals surface area (Å²) >= 11 is 0. The number of nitrogens with zero attached hydrogens (tertiary/aromatic N) is 2. The molecule has 0 spiro atoms. The number of aromatic nitrogens is 1. The molecule has 98 valence electrons. The zero-order chi connectivity index (χ0) is 13.3. The van der Waals surface area contributed by atoms with Crippen LogP contribution in [0.25, 0.3) is 0 Å². The number of amides is 1. The summed E-state index contributed by atoms with van der Waals surface area (Å²) in [6, 6.07) is -0.772. The van der Waals surface area contributed by atoms with Gasteiger partial charge < -0.3 is 14.4 Å². The summed E-state index contributed by atoms with van der Waals surface area (Å²) in [7, 11) is 0. The van der Waals surface area contributed by atoms with Crippen LogP contribution in [0, 0.1) is 12.8 Å². The number of aryl methyl sites for hydroxylation is 1. The quantitative estimate of drug-likeness (QED) is 0.857. The Morgan fingerprint density at radius 1 is 1.56 bits per heavy atom. The number of aliphatic carboxylic acids is 1. The van der Waals surface area contributed by atoms with Gasteiger partial charge in [0.2, 0.25) is 5.76 Å². The van der Waals surface area contributed by atoms with Crippen molar-refractivity contribution in [3.63, 3.8) is 0 Å². The first-order valence-electron chi connectivity index (χ1n) is 5.94. The van der Waals surface area contributed by atoms with Crippen LogP contribution >= 0.6 is 0 Å². The zero-order valence-electron chi connectivity index (χ0n) is 10.4. The Bertz CT molecular complexity index is 468. The number of hydrogen-bond acceptors (Lipinski definition) is 4. The summed E-state index contributed by atoms with van der Waals surface area (Å²) in [4.78, 5) is 28.7. The van der Waals surface area contributed by atoms with E-state index < -0.39 is 12.0 Å². The minimum Gasteiger partial charge on any atom is -0.480 e. The minimum atomic E-state index is -0.966. The summed E-state index contributed by atoms with van der Waals surface area (Å²) in [6.45, 7) is 4.10. The van der Waals surface area contributed by atoms with Crippen molar-refractivity contribution in [1.82, 2.24) is 9.88 Å². The van der Waals surface area contributed by atoms with E-state index in [1.165, 1.54) is 11.3 Å². The third-order valence-electron chi connectivity index (χ3n) is 3.35. The molecule has 1 amide bonds. The second-order valence-corrected chi connectivity index (χ2v) is 4.75. The molecule has 1 aromatic rings. The van der Waals surface area contributed by atoms with E-state index in [1.54, 1.807) is 6.92 Å². The Kier molecular flexibility index (Phi) is 3.36. The molecule has 6 heteroatoms. The Balaban J connectivity index is 2.23. The topological polar surface area (TPSA) is 83.6 Å². The van der Waals surface area contributed by atoms with Crippen molar-refractivity contribution >= 4 is 11.9 Å². The van der Waals surface area contributed by atoms with E-state index in [9.17, 15) is 14.7 Å². The van der Waals surface area contributed by atoms with Crippen molar-refractivity contribution in [2.75, 3.05) is 6.54 Å². The maximum atomic E-state index is 12.2. The normalized spacial score (nSPS) is 24.0. The summed E-state index contributed by atoms with van der Waals surface area (Å²) < 4.78 is 5.04. The van der Waals surface area contributed by atoms with Crippen LogP contribution < -0.4 is 0 Å². The van der Waals surface area contributed by atoms with Crippen molar-refractivity contribution in [2.24, 2.45) is 5.92 Å². The number of carbonyl (C=O) groups is 2. The van der Waals surface area contributed by atoms with E-state index in [4.69, 9.17) is 4.42 Å². The highest BCUT2D eigenvalue weighted by Gasteiger charge is 2.36. The highest BCUT2D eigenvalue weighted by molar-refractivity contribution is 5.95. The lowest BCUT2D eigenvalue weighted by atomic mass is 9.92. The van der Waals surface area contributed by atoms with E-state index in [-0.39, 0.29) is 11.7 Å². The molecule has 2 atom stereocenters. The molecule has 0 aliphatic carbocycles. The maximum Gasteiger partial charge on any atom is 0.326 e. The second kappa shape index (κ2) is 4.80. The fraction of sp³-hybridized carbons (Fsp3) is 0.583. The fourth-order valence-corrected chi connectivity index (χ4v) is 2.26. The van der Waals surface area contributed by atoms with Crippen LogP contribution in [0.2, 0.25) is 0 Å². The number of carboxylic acids is 1. The van der Waals surface area contributed by atoms with Crippen LogP contribution in [0.15, 0.2) is 10.8 Å². The molecule has 1 fully saturated rings. The number of likely N-dealkylation sites (tertiary alicyclic amines) is 1. The van der Waals surface area contributed by atoms with Crippen LogP contribution in [-0.2, 0) is 4.79 Å². The molecule has 2 heterocycles. The molecule has 2 rings (SSSR count). The average molecular weight is 252 g/mol. The van der Waals surface area contributed by atoms with E-state index in [0.29, 0.717) is 24.6 Å². The SMILES string of the molecule is Cc1ncoc1C(=O)N1CCC(C)CC1C(=O)O. The third kappa shape index (κ3) is 2.23. The molecule has 0 aromatic carbocycles. The summed E-state index contributed by atoms with van der Waals surface area (Å²) in [5.41, 5.74) is 0.489. The van der Waals surface area contributed by atoms with Crippen molar-refractivity contribution in [1.29, 1.82) is 0 Å². The number of hydrogen-bond donors (Lipinski definition) is 1. The standard InChI is InChI=1S/C12H16N2O4/c1-7-3-4-14(9(5-7)12(16)17)11(15)10-8(2)13-6-18-10/h6-7,9H,3-5H2,1-2H3,(H,16,17). The van der Waals surface area contributed by atoms with Gasteiger partial charge in [-0.05, 0) is 25.7 Å². The number of carbonyl (C=O) groups excluding carboxylic acids is 1. The molecule has 18 heavy (non-hydrogen) atoms. The first kappa shape index (κ1) is 12.6. The molecule has 1 saturated heterocycles. The highest BCUT2D eigenvalue weighted by Crippen LogP contribution is 2.25. The lowest BCUT2D eigenvalue weighted by molar-refractivity contribution is -0.144. The molecular formula is C12H16N2O4. The third-order valence-corrected chi connectivity index (χ3v) is 3.35. The number of carboxylic acid groups (broad SMARTS) is 1. The Hall–Kier alpha value is -1.85. The number of rotatable bonds is 2. The van der Waals surface area contributed by atoms with Gasteiger partial charge in [0.25, 0.3) is 5.91 Å². The van der Waals surface area contributed by atoms with E-state index >= 15 is 0 Å². The van der Waals surface area contributed by atoms with E-state index in [0.717, 1.165) is 6.42 Å². The molecule has 1 N–H and O–H groups in total. The molecular weight excluding hydrogens is 236 g/mol. The first-order valence-corrected chi connectivity index (χ1v) is 5.94. The van der Waals surface area contributed by atoms with Gasteiger partial charge in [0.1, 0.15) is 6.04 Å². The smallest absolute Gasteiger partial charge is 0.326 e. The predicted molar refractivity (Wildman–Crippen MR) is 62.1 cm³/mol. The average Bonchev–Trinajstić information content (AvgIpc) is 2.74. The van der Waals surface area contributed by atoms with Gasteiger partial charge in [-0.15, -0.1) is 0 Å². The molecule has 0 bridgehead atoms. The predicted octanol–water partition coefficient (Wildman–Crippen LogP) is 1.31. The minimum absolute atomic E-state index is 0.135. The lowest BCUT2D eigenvalue weighted by Gasteiger charge is -2.35. The van der Waals surface area contributed by atoms with Gasteiger partial charge in [0, 0.05) is 6.54 Å². The summed E-state index contributed by atoms with van der Waals surface area (Å²) in [6.07, 6.45) is 2.49. The van der Waals surface area contributed by atoms with Gasteiger partial charge in [-0.3, -0.25) is 4.79 Å². The molecule has 1 aromatic heterocycles. The number of piperidine rings is 1. The van der Waals surface area contributed by atoms with Crippen LogP contribution in [-0.4, -0.2) is 39.5 Å². The molecule has 1 aliphatic rings. The van der Waals surface area contributed by atoms with Gasteiger partial charge >= 0.3 is 5.97 Å². The van der Waals surface area contributed by atoms with Gasteiger partial charge in [-0.2, -0.15) is 0 Å². The second-order valence-electron chi connectivity index (χ2n) is 4.75. The van der Waals surface area contributed by atoms with Gasteiger partial charge in [0.15, 0.2) is 6.39 Å². The van der Waals surface area contributed by atoms with Crippen molar-refractivity contribution in [3.05, 3.63) is 17.8 Å². The largest absolute Gasteiger partial charge is 0.480 e. The van der Waals surface area contributed by atoms with Crippen molar-refractivity contribution < 1.29 is 19.1 Å². The molecule has 1 aliphatic heterocycles. The van der Waals surface area contributed by atoms with Crippen LogP contribution in [0.5, 0.6) is 0 Å². The first-order chi connectivity index (χ1) is 8.50. The van der Waals surface area contributed by atoms with Crippen LogP contribution in [0.3, 0.4) is 0 Å². The van der Waals surface area contributed by atoms with Crippen molar-refractivity contribution in [2.45, 2.75) is 32.7 Å². The van der Waals surface area contributed by atoms with E-state index in [1.807, 2.05) is 6.92 Å². The summed E-state index contributed by atoms with van der Waals surface area (Å²) in [5, 5.41) is 9.20. The molecule has 6 nitrogen and oxygen atoms in total. The number of oxazole rings is 1. The lowest BCUT2D eigenvalue weighted by Crippen LogP contribution is -2.49. The van der Waals surface area contributed by atoms with Crippen LogP contribution in [0.4, 0.5) is 0 Å². The summed E-state index contributed by atoms with van der Waals surface area (Å²) in [5.74, 6) is -0.904.